The van der Waals surface area contributed by atoms with E-state index in [4.69, 9.17) is 4.98 Å². The molecule has 28 heavy (non-hydrogen) atoms. The second kappa shape index (κ2) is 7.66. The molecule has 0 saturated carbocycles. The number of aryl methyl sites for hydroxylation is 1. The maximum Gasteiger partial charge on any atom is 0.253 e. The van der Waals surface area contributed by atoms with Gasteiger partial charge in [-0.1, -0.05) is 31.5 Å². The number of carbonyl (C=O) groups excluding carboxylic acids is 1. The lowest BCUT2D eigenvalue weighted by atomic mass is 10.1. The number of fused-ring (bicyclic) bond motifs is 1. The summed E-state index contributed by atoms with van der Waals surface area (Å²) in [4.78, 5) is 17.6. The molecule has 3 rings (SSSR count). The van der Waals surface area contributed by atoms with Gasteiger partial charge in [-0.25, -0.2) is 4.98 Å². The van der Waals surface area contributed by atoms with Crippen LogP contribution in [-0.2, 0) is 5.54 Å². The van der Waals surface area contributed by atoms with E-state index < -0.39 is 0 Å². The zero-order chi connectivity index (χ0) is 20.5. The third-order valence-electron chi connectivity index (χ3n) is 4.61. The summed E-state index contributed by atoms with van der Waals surface area (Å²) >= 11 is 0. The van der Waals surface area contributed by atoms with Crippen LogP contribution in [-0.4, -0.2) is 22.0 Å². The highest BCUT2D eigenvalue weighted by Crippen LogP contribution is 2.28. The normalized spacial score (nSPS) is 11.8. The Kier molecular flexibility index (Phi) is 5.45. The van der Waals surface area contributed by atoms with Crippen molar-refractivity contribution in [3.8, 4) is 0 Å². The Hall–Kier alpha value is -2.82. The average Bonchev–Trinajstić information content (AvgIpc) is 3.01. The predicted molar refractivity (Wildman–Crippen MR) is 116 cm³/mol. The largest absolute Gasteiger partial charge is 0.352 e. The SMILES string of the molecule is Cc1ccc(Nc2ccc3c(C(=O)NCC(C)C)cn(C(C)(C)C)c3n2)cc1. The monoisotopic (exact) mass is 378 g/mol. The van der Waals surface area contributed by atoms with Gasteiger partial charge < -0.3 is 15.2 Å². The quantitative estimate of drug-likeness (QED) is 0.639. The number of nitrogens with zero attached hydrogens (tertiary/aromatic N) is 2. The molecule has 0 radical (unpaired) electrons. The van der Waals surface area contributed by atoms with Gasteiger partial charge in [-0.05, 0) is 57.9 Å². The Morgan fingerprint density at radius 2 is 1.79 bits per heavy atom. The molecule has 0 fully saturated rings. The number of anilines is 2. The van der Waals surface area contributed by atoms with Crippen molar-refractivity contribution in [3.63, 3.8) is 0 Å². The van der Waals surface area contributed by atoms with Crippen LogP contribution in [0.25, 0.3) is 11.0 Å². The Morgan fingerprint density at radius 1 is 1.11 bits per heavy atom. The summed E-state index contributed by atoms with van der Waals surface area (Å²) in [5.74, 6) is 1.11. The van der Waals surface area contributed by atoms with Crippen LogP contribution in [0.5, 0.6) is 0 Å². The summed E-state index contributed by atoms with van der Waals surface area (Å²) in [6, 6.07) is 12.1. The minimum atomic E-state index is -0.190. The molecule has 0 saturated heterocycles. The van der Waals surface area contributed by atoms with Gasteiger partial charge in [-0.2, -0.15) is 0 Å². The zero-order valence-corrected chi connectivity index (χ0v) is 17.6. The molecule has 5 nitrogen and oxygen atoms in total. The summed E-state index contributed by atoms with van der Waals surface area (Å²) in [6.45, 7) is 13.2. The first-order chi connectivity index (χ1) is 13.1. The number of hydrogen-bond donors (Lipinski definition) is 2. The standard InChI is InChI=1S/C23H30N4O/c1-15(2)13-24-22(28)19-14-27(23(4,5)6)21-18(19)11-12-20(26-21)25-17-9-7-16(3)8-10-17/h7-12,14-15H,13H2,1-6H3,(H,24,28)(H,25,26). The molecule has 1 amide bonds. The summed E-state index contributed by atoms with van der Waals surface area (Å²) in [6.07, 6.45) is 1.92. The van der Waals surface area contributed by atoms with E-state index in [0.717, 1.165) is 22.5 Å². The van der Waals surface area contributed by atoms with Gasteiger partial charge in [0.15, 0.2) is 0 Å². The van der Waals surface area contributed by atoms with Crippen LogP contribution in [0.3, 0.4) is 0 Å². The number of nitrogens with one attached hydrogen (secondary N) is 2. The summed E-state index contributed by atoms with van der Waals surface area (Å²) in [7, 11) is 0. The highest BCUT2D eigenvalue weighted by atomic mass is 16.1. The lowest BCUT2D eigenvalue weighted by Gasteiger charge is -2.22. The van der Waals surface area contributed by atoms with E-state index in [1.807, 2.05) is 30.5 Å². The second-order valence-corrected chi connectivity index (χ2v) is 8.75. The third-order valence-corrected chi connectivity index (χ3v) is 4.61. The fraction of sp³-hybridized carbons (Fsp3) is 0.391. The van der Waals surface area contributed by atoms with Gasteiger partial charge in [0, 0.05) is 29.4 Å². The van der Waals surface area contributed by atoms with Gasteiger partial charge in [0.05, 0.1) is 5.56 Å². The van der Waals surface area contributed by atoms with Crippen molar-refractivity contribution >= 4 is 28.4 Å². The van der Waals surface area contributed by atoms with Crippen LogP contribution in [0.1, 0.15) is 50.5 Å². The van der Waals surface area contributed by atoms with Gasteiger partial charge >= 0.3 is 0 Å². The Morgan fingerprint density at radius 3 is 2.39 bits per heavy atom. The number of rotatable bonds is 5. The first kappa shape index (κ1) is 19.9. The van der Waals surface area contributed by atoms with Crippen LogP contribution >= 0.6 is 0 Å². The van der Waals surface area contributed by atoms with Crippen LogP contribution in [0, 0.1) is 12.8 Å². The van der Waals surface area contributed by atoms with Gasteiger partial charge in [0.1, 0.15) is 11.5 Å². The van der Waals surface area contributed by atoms with Crippen LogP contribution in [0.2, 0.25) is 0 Å². The molecule has 2 heterocycles. The smallest absolute Gasteiger partial charge is 0.253 e. The minimum Gasteiger partial charge on any atom is -0.352 e. The summed E-state index contributed by atoms with van der Waals surface area (Å²) < 4.78 is 2.08. The van der Waals surface area contributed by atoms with Crippen molar-refractivity contribution in [2.24, 2.45) is 5.92 Å². The average molecular weight is 379 g/mol. The molecule has 2 N–H and O–H groups in total. The maximum absolute atomic E-state index is 12.7. The molecule has 148 valence electrons. The molecule has 0 spiro atoms. The number of carbonyl (C=O) groups is 1. The van der Waals surface area contributed by atoms with Gasteiger partial charge in [-0.3, -0.25) is 4.79 Å². The lowest BCUT2D eigenvalue weighted by molar-refractivity contribution is 0.0950. The minimum absolute atomic E-state index is 0.0530. The predicted octanol–water partition coefficient (Wildman–Crippen LogP) is 5.23. The molecule has 0 aliphatic rings. The van der Waals surface area contributed by atoms with Crippen molar-refractivity contribution in [1.82, 2.24) is 14.9 Å². The van der Waals surface area contributed by atoms with Crippen molar-refractivity contribution in [1.29, 1.82) is 0 Å². The summed E-state index contributed by atoms with van der Waals surface area (Å²) in [5.41, 5.74) is 3.48. The Balaban J connectivity index is 2.01. The number of benzene rings is 1. The molecule has 5 heteroatoms. The van der Waals surface area contributed by atoms with Crippen molar-refractivity contribution < 1.29 is 4.79 Å². The maximum atomic E-state index is 12.7. The molecule has 0 aliphatic carbocycles. The van der Waals surface area contributed by atoms with Gasteiger partial charge in [0.25, 0.3) is 5.91 Å². The molecular formula is C23H30N4O. The van der Waals surface area contributed by atoms with Crippen molar-refractivity contribution in [3.05, 3.63) is 53.7 Å². The van der Waals surface area contributed by atoms with E-state index in [2.05, 4.69) is 68.9 Å². The second-order valence-electron chi connectivity index (χ2n) is 8.75. The van der Waals surface area contributed by atoms with Crippen LogP contribution < -0.4 is 10.6 Å². The first-order valence-corrected chi connectivity index (χ1v) is 9.79. The van der Waals surface area contributed by atoms with Gasteiger partial charge in [0.2, 0.25) is 0 Å². The lowest BCUT2D eigenvalue weighted by Crippen LogP contribution is -2.27. The van der Waals surface area contributed by atoms with E-state index in [9.17, 15) is 4.79 Å². The molecule has 3 aromatic rings. The van der Waals surface area contributed by atoms with E-state index >= 15 is 0 Å². The van der Waals surface area contributed by atoms with Crippen LogP contribution in [0.15, 0.2) is 42.6 Å². The molecule has 0 unspecified atom stereocenters. The van der Waals surface area contributed by atoms with E-state index in [1.165, 1.54) is 5.56 Å². The molecule has 2 aromatic heterocycles. The highest BCUT2D eigenvalue weighted by Gasteiger charge is 2.23. The summed E-state index contributed by atoms with van der Waals surface area (Å²) in [5, 5.41) is 7.24. The topological polar surface area (TPSA) is 59.0 Å². The fourth-order valence-electron chi connectivity index (χ4n) is 3.04. The zero-order valence-electron chi connectivity index (χ0n) is 17.6. The van der Waals surface area contributed by atoms with Crippen molar-refractivity contribution in [2.75, 3.05) is 11.9 Å². The first-order valence-electron chi connectivity index (χ1n) is 9.79. The van der Waals surface area contributed by atoms with E-state index in [-0.39, 0.29) is 11.4 Å². The number of pyridine rings is 1. The number of hydrogen-bond acceptors (Lipinski definition) is 3. The number of amides is 1. The third kappa shape index (κ3) is 4.35. The van der Waals surface area contributed by atoms with E-state index in [1.54, 1.807) is 0 Å². The van der Waals surface area contributed by atoms with E-state index in [0.29, 0.717) is 18.0 Å². The number of aromatic nitrogens is 2. The molecule has 0 bridgehead atoms. The van der Waals surface area contributed by atoms with Crippen LogP contribution in [0.4, 0.5) is 11.5 Å². The highest BCUT2D eigenvalue weighted by molar-refractivity contribution is 6.06. The van der Waals surface area contributed by atoms with Gasteiger partial charge in [-0.15, -0.1) is 0 Å². The molecular weight excluding hydrogens is 348 g/mol. The molecule has 1 aromatic carbocycles. The van der Waals surface area contributed by atoms with Crippen molar-refractivity contribution in [2.45, 2.75) is 47.1 Å². The Labute approximate surface area is 167 Å². The fourth-order valence-corrected chi connectivity index (χ4v) is 3.04. The Bertz CT molecular complexity index is 978. The molecule has 0 aliphatic heterocycles. The molecule has 0 atom stereocenters.